The van der Waals surface area contributed by atoms with Crippen LogP contribution in [0.4, 0.5) is 5.69 Å². The molecule has 26 heavy (non-hydrogen) atoms. The summed E-state index contributed by atoms with van der Waals surface area (Å²) in [7, 11) is 0. The van der Waals surface area contributed by atoms with Crippen LogP contribution in [0, 0.1) is 0 Å². The summed E-state index contributed by atoms with van der Waals surface area (Å²) >= 11 is 2.96. The molecule has 0 spiro atoms. The molecule has 1 atom stereocenters. The molecule has 0 aliphatic carbocycles. The number of thioether (sulfide) groups is 1. The topological polar surface area (TPSA) is 85.1 Å². The quantitative estimate of drug-likeness (QED) is 0.610. The van der Waals surface area contributed by atoms with Crippen molar-refractivity contribution in [3.05, 3.63) is 53.2 Å². The largest absolute Gasteiger partial charge is 0.338 e. The van der Waals surface area contributed by atoms with Crippen LogP contribution in [0.15, 0.2) is 46.3 Å². The lowest BCUT2D eigenvalue weighted by atomic mass is 10.1. The van der Waals surface area contributed by atoms with E-state index in [4.69, 9.17) is 4.52 Å². The maximum atomic E-state index is 12.3. The molecule has 0 fully saturated rings. The van der Waals surface area contributed by atoms with Gasteiger partial charge in [0.05, 0.1) is 15.9 Å². The summed E-state index contributed by atoms with van der Waals surface area (Å²) in [6, 6.07) is 10.7. The van der Waals surface area contributed by atoms with Gasteiger partial charge in [0.15, 0.2) is 5.78 Å². The van der Waals surface area contributed by atoms with Crippen LogP contribution in [-0.4, -0.2) is 27.1 Å². The number of nitrogens with zero attached hydrogens (tertiary/aromatic N) is 2. The number of hydrogen-bond donors (Lipinski definition) is 1. The molecule has 0 unspecified atom stereocenters. The molecule has 0 saturated carbocycles. The van der Waals surface area contributed by atoms with Gasteiger partial charge < -0.3 is 9.84 Å². The number of anilines is 1. The van der Waals surface area contributed by atoms with Crippen LogP contribution in [0.5, 0.6) is 0 Å². The fraction of sp³-hybridized carbons (Fsp3) is 0.222. The minimum absolute atomic E-state index is 0.00623. The standard InChI is InChI=1S/C18H17N3O3S2/c1-11(22)13-5-7-14(8-6-13)19-18(23)12(2)26-10-16-20-17(21-24-16)15-4-3-9-25-15/h3-9,12H,10H2,1-2H3,(H,19,23)/t12-/m0/s1. The summed E-state index contributed by atoms with van der Waals surface area (Å²) in [6.45, 7) is 3.33. The Labute approximate surface area is 159 Å². The molecule has 6 nitrogen and oxygen atoms in total. The lowest BCUT2D eigenvalue weighted by Gasteiger charge is -2.11. The number of Topliss-reactive ketones (excluding diaryl/α,β-unsaturated/α-hetero) is 1. The van der Waals surface area contributed by atoms with E-state index in [1.54, 1.807) is 35.6 Å². The SMILES string of the molecule is CC(=O)c1ccc(NC(=O)[C@H](C)SCc2nc(-c3cccs3)no2)cc1. The van der Waals surface area contributed by atoms with Crippen molar-refractivity contribution in [2.24, 2.45) is 0 Å². The second-order valence-electron chi connectivity index (χ2n) is 5.57. The van der Waals surface area contributed by atoms with Crippen LogP contribution in [0.3, 0.4) is 0 Å². The Morgan fingerprint density at radius 1 is 1.27 bits per heavy atom. The van der Waals surface area contributed by atoms with E-state index < -0.39 is 0 Å². The minimum Gasteiger partial charge on any atom is -0.338 e. The average Bonchev–Trinajstić information content (AvgIpc) is 3.31. The van der Waals surface area contributed by atoms with Gasteiger partial charge in [0.25, 0.3) is 0 Å². The van der Waals surface area contributed by atoms with Crippen molar-refractivity contribution in [2.45, 2.75) is 24.9 Å². The predicted octanol–water partition coefficient (Wildman–Crippen LogP) is 4.26. The molecule has 1 amide bonds. The van der Waals surface area contributed by atoms with Gasteiger partial charge in [0.1, 0.15) is 0 Å². The first-order valence-electron chi connectivity index (χ1n) is 7.93. The van der Waals surface area contributed by atoms with E-state index in [1.165, 1.54) is 18.7 Å². The maximum absolute atomic E-state index is 12.3. The van der Waals surface area contributed by atoms with Crippen LogP contribution in [0.2, 0.25) is 0 Å². The third-order valence-electron chi connectivity index (χ3n) is 3.59. The monoisotopic (exact) mass is 387 g/mol. The van der Waals surface area contributed by atoms with Gasteiger partial charge in [0.2, 0.25) is 17.6 Å². The van der Waals surface area contributed by atoms with Crippen molar-refractivity contribution in [2.75, 3.05) is 5.32 Å². The molecule has 134 valence electrons. The molecule has 3 aromatic rings. The van der Waals surface area contributed by atoms with Crippen LogP contribution in [0.1, 0.15) is 30.1 Å². The molecule has 2 heterocycles. The zero-order valence-electron chi connectivity index (χ0n) is 14.3. The van der Waals surface area contributed by atoms with Crippen LogP contribution < -0.4 is 5.32 Å². The van der Waals surface area contributed by atoms with E-state index in [1.807, 2.05) is 24.4 Å². The number of ketones is 1. The Hall–Kier alpha value is -2.45. The zero-order valence-corrected chi connectivity index (χ0v) is 15.9. The third-order valence-corrected chi connectivity index (χ3v) is 5.59. The van der Waals surface area contributed by atoms with Crippen molar-refractivity contribution >= 4 is 40.5 Å². The number of hydrogen-bond acceptors (Lipinski definition) is 7. The van der Waals surface area contributed by atoms with Gasteiger partial charge in [-0.05, 0) is 49.6 Å². The summed E-state index contributed by atoms with van der Waals surface area (Å²) in [5.41, 5.74) is 1.27. The van der Waals surface area contributed by atoms with E-state index in [0.29, 0.717) is 28.7 Å². The maximum Gasteiger partial charge on any atom is 0.237 e. The minimum atomic E-state index is -0.292. The smallest absolute Gasteiger partial charge is 0.237 e. The molecule has 2 aromatic heterocycles. The molecule has 0 saturated heterocycles. The summed E-state index contributed by atoms with van der Waals surface area (Å²) in [4.78, 5) is 28.8. The number of amides is 1. The lowest BCUT2D eigenvalue weighted by Crippen LogP contribution is -2.22. The van der Waals surface area contributed by atoms with E-state index in [2.05, 4.69) is 15.5 Å². The number of carbonyl (C=O) groups is 2. The van der Waals surface area contributed by atoms with Gasteiger partial charge in [-0.1, -0.05) is 11.2 Å². The Bertz CT molecular complexity index is 889. The van der Waals surface area contributed by atoms with Gasteiger partial charge in [-0.2, -0.15) is 4.98 Å². The molecular formula is C18H17N3O3S2. The number of nitrogens with one attached hydrogen (secondary N) is 1. The van der Waals surface area contributed by atoms with E-state index in [0.717, 1.165) is 4.88 Å². The highest BCUT2D eigenvalue weighted by atomic mass is 32.2. The molecule has 0 aliphatic rings. The Balaban J connectivity index is 1.52. The molecule has 1 aromatic carbocycles. The Kier molecular flexibility index (Phi) is 5.85. The first kappa shape index (κ1) is 18.3. The normalized spacial score (nSPS) is 11.9. The van der Waals surface area contributed by atoms with Crippen LogP contribution in [0.25, 0.3) is 10.7 Å². The van der Waals surface area contributed by atoms with E-state index in [9.17, 15) is 9.59 Å². The van der Waals surface area contributed by atoms with Crippen LogP contribution >= 0.6 is 23.1 Å². The van der Waals surface area contributed by atoms with Crippen molar-refractivity contribution in [1.29, 1.82) is 0 Å². The fourth-order valence-corrected chi connectivity index (χ4v) is 3.49. The van der Waals surface area contributed by atoms with E-state index in [-0.39, 0.29) is 16.9 Å². The highest BCUT2D eigenvalue weighted by Gasteiger charge is 2.16. The first-order valence-corrected chi connectivity index (χ1v) is 9.85. The fourth-order valence-electron chi connectivity index (χ4n) is 2.12. The van der Waals surface area contributed by atoms with Gasteiger partial charge in [-0.25, -0.2) is 0 Å². The number of benzene rings is 1. The second-order valence-corrected chi connectivity index (χ2v) is 7.84. The summed E-state index contributed by atoms with van der Waals surface area (Å²) in [5, 5.41) is 8.45. The highest BCUT2D eigenvalue weighted by Crippen LogP contribution is 2.24. The van der Waals surface area contributed by atoms with Crippen molar-refractivity contribution in [3.8, 4) is 10.7 Å². The molecule has 3 rings (SSSR count). The van der Waals surface area contributed by atoms with Gasteiger partial charge in [0, 0.05) is 11.3 Å². The molecule has 0 bridgehead atoms. The predicted molar refractivity (Wildman–Crippen MR) is 103 cm³/mol. The Morgan fingerprint density at radius 3 is 2.69 bits per heavy atom. The summed E-state index contributed by atoms with van der Waals surface area (Å²) in [5.74, 6) is 1.38. The molecular weight excluding hydrogens is 370 g/mol. The average molecular weight is 387 g/mol. The van der Waals surface area contributed by atoms with E-state index >= 15 is 0 Å². The number of aromatic nitrogens is 2. The second kappa shape index (κ2) is 8.29. The summed E-state index contributed by atoms with van der Waals surface area (Å²) < 4.78 is 5.23. The number of rotatable bonds is 7. The van der Waals surface area contributed by atoms with Crippen LogP contribution in [-0.2, 0) is 10.5 Å². The van der Waals surface area contributed by atoms with Gasteiger partial charge in [-0.15, -0.1) is 23.1 Å². The van der Waals surface area contributed by atoms with Crippen molar-refractivity contribution in [1.82, 2.24) is 10.1 Å². The first-order chi connectivity index (χ1) is 12.5. The molecule has 8 heteroatoms. The highest BCUT2D eigenvalue weighted by molar-refractivity contribution is 7.99. The Morgan fingerprint density at radius 2 is 2.04 bits per heavy atom. The molecule has 1 N–H and O–H groups in total. The third kappa shape index (κ3) is 4.59. The van der Waals surface area contributed by atoms with Gasteiger partial charge in [-0.3, -0.25) is 9.59 Å². The lowest BCUT2D eigenvalue weighted by molar-refractivity contribution is -0.115. The molecule has 0 aliphatic heterocycles. The molecule has 0 radical (unpaired) electrons. The van der Waals surface area contributed by atoms with Gasteiger partial charge >= 0.3 is 0 Å². The zero-order chi connectivity index (χ0) is 18.5. The number of carbonyl (C=O) groups excluding carboxylic acids is 2. The number of thiophene rings is 1. The van der Waals surface area contributed by atoms with Crippen molar-refractivity contribution in [3.63, 3.8) is 0 Å². The van der Waals surface area contributed by atoms with Crippen molar-refractivity contribution < 1.29 is 14.1 Å². The summed E-state index contributed by atoms with van der Waals surface area (Å²) in [6.07, 6.45) is 0.